The number of aromatic nitrogens is 1. The lowest BCUT2D eigenvalue weighted by molar-refractivity contribution is -0.121. The standard InChI is InChI=1S/C15H18N2O3S/c1-9-14(10(2)20-16-9)17(3)13(18)8-12-15-11(4-6-19-12)5-7-21-15/h5,7,12H,4,6,8H2,1-3H3/t12-/m0/s1. The van der Waals surface area contributed by atoms with Crippen LogP contribution in [0.5, 0.6) is 0 Å². The first-order chi connectivity index (χ1) is 10.1. The second-order valence-electron chi connectivity index (χ2n) is 5.25. The number of hydrogen-bond donors (Lipinski definition) is 0. The van der Waals surface area contributed by atoms with Crippen molar-refractivity contribution in [2.75, 3.05) is 18.6 Å². The molecule has 3 rings (SSSR count). The molecule has 1 amide bonds. The highest BCUT2D eigenvalue weighted by atomic mass is 32.1. The van der Waals surface area contributed by atoms with Gasteiger partial charge in [-0.2, -0.15) is 0 Å². The first-order valence-electron chi connectivity index (χ1n) is 6.95. The van der Waals surface area contributed by atoms with E-state index in [9.17, 15) is 4.79 Å². The van der Waals surface area contributed by atoms with Crippen LogP contribution >= 0.6 is 11.3 Å². The van der Waals surface area contributed by atoms with Crippen molar-refractivity contribution in [3.05, 3.63) is 33.3 Å². The van der Waals surface area contributed by atoms with Gasteiger partial charge in [-0.1, -0.05) is 5.16 Å². The minimum absolute atomic E-state index is 0.00986. The minimum Gasteiger partial charge on any atom is -0.372 e. The van der Waals surface area contributed by atoms with Crippen molar-refractivity contribution in [1.82, 2.24) is 5.16 Å². The molecule has 0 saturated carbocycles. The average molecular weight is 306 g/mol. The maximum Gasteiger partial charge on any atom is 0.229 e. The fraction of sp³-hybridized carbons (Fsp3) is 0.467. The molecule has 1 aliphatic heterocycles. The van der Waals surface area contributed by atoms with Gasteiger partial charge in [0.15, 0.2) is 5.76 Å². The Morgan fingerprint density at radius 3 is 3.05 bits per heavy atom. The predicted molar refractivity (Wildman–Crippen MR) is 80.7 cm³/mol. The fourth-order valence-corrected chi connectivity index (χ4v) is 3.76. The number of carbonyl (C=O) groups is 1. The molecule has 0 aliphatic carbocycles. The molecule has 1 aliphatic rings. The number of carbonyl (C=O) groups excluding carboxylic acids is 1. The maximum atomic E-state index is 12.5. The molecular weight excluding hydrogens is 288 g/mol. The predicted octanol–water partition coefficient (Wildman–Crippen LogP) is 3.02. The highest BCUT2D eigenvalue weighted by Crippen LogP contribution is 2.35. The van der Waals surface area contributed by atoms with Crippen LogP contribution in [0.25, 0.3) is 0 Å². The first kappa shape index (κ1) is 14.3. The van der Waals surface area contributed by atoms with E-state index >= 15 is 0 Å². The summed E-state index contributed by atoms with van der Waals surface area (Å²) in [7, 11) is 1.76. The van der Waals surface area contributed by atoms with Crippen LogP contribution in [0.4, 0.5) is 5.69 Å². The van der Waals surface area contributed by atoms with Gasteiger partial charge >= 0.3 is 0 Å². The lowest BCUT2D eigenvalue weighted by Crippen LogP contribution is -2.30. The first-order valence-corrected chi connectivity index (χ1v) is 7.83. The summed E-state index contributed by atoms with van der Waals surface area (Å²) in [6.07, 6.45) is 1.14. The SMILES string of the molecule is Cc1noc(C)c1N(C)C(=O)C[C@@H]1OCCc2ccsc21. The number of rotatable bonds is 3. The van der Waals surface area contributed by atoms with Crippen LogP contribution in [0.2, 0.25) is 0 Å². The van der Waals surface area contributed by atoms with E-state index in [2.05, 4.69) is 16.6 Å². The van der Waals surface area contributed by atoms with E-state index in [1.807, 2.05) is 13.8 Å². The lowest BCUT2D eigenvalue weighted by Gasteiger charge is -2.25. The Hall–Kier alpha value is -1.66. The Kier molecular flexibility index (Phi) is 3.82. The summed E-state index contributed by atoms with van der Waals surface area (Å²) in [5.41, 5.74) is 2.79. The summed E-state index contributed by atoms with van der Waals surface area (Å²) in [6, 6.07) is 2.12. The van der Waals surface area contributed by atoms with Gasteiger partial charge in [0.25, 0.3) is 0 Å². The van der Waals surface area contributed by atoms with Crippen molar-refractivity contribution in [1.29, 1.82) is 0 Å². The Balaban J connectivity index is 1.76. The van der Waals surface area contributed by atoms with Crippen molar-refractivity contribution >= 4 is 22.9 Å². The summed E-state index contributed by atoms with van der Waals surface area (Å²) in [5.74, 6) is 0.667. The Morgan fingerprint density at radius 2 is 2.33 bits per heavy atom. The normalized spacial score (nSPS) is 17.6. The van der Waals surface area contributed by atoms with Crippen molar-refractivity contribution in [2.24, 2.45) is 0 Å². The maximum absolute atomic E-state index is 12.5. The summed E-state index contributed by atoms with van der Waals surface area (Å²) in [5, 5.41) is 5.96. The van der Waals surface area contributed by atoms with Gasteiger partial charge in [0.2, 0.25) is 5.91 Å². The van der Waals surface area contributed by atoms with Gasteiger partial charge < -0.3 is 14.2 Å². The number of ether oxygens (including phenoxy) is 1. The highest BCUT2D eigenvalue weighted by molar-refractivity contribution is 7.10. The van der Waals surface area contributed by atoms with E-state index in [0.717, 1.165) is 17.8 Å². The molecule has 0 unspecified atom stereocenters. The van der Waals surface area contributed by atoms with Crippen LogP contribution in [0.1, 0.15) is 34.4 Å². The van der Waals surface area contributed by atoms with Crippen LogP contribution in [-0.4, -0.2) is 24.7 Å². The molecule has 112 valence electrons. The summed E-state index contributed by atoms with van der Waals surface area (Å²) in [6.45, 7) is 4.33. The smallest absolute Gasteiger partial charge is 0.229 e. The number of anilines is 1. The number of nitrogens with zero attached hydrogens (tertiary/aromatic N) is 2. The zero-order valence-corrected chi connectivity index (χ0v) is 13.2. The van der Waals surface area contributed by atoms with Crippen molar-refractivity contribution in [3.63, 3.8) is 0 Å². The molecule has 0 radical (unpaired) electrons. The molecule has 0 aromatic carbocycles. The number of fused-ring (bicyclic) bond motifs is 1. The van der Waals surface area contributed by atoms with Crippen LogP contribution in [0.15, 0.2) is 16.0 Å². The van der Waals surface area contributed by atoms with Gasteiger partial charge in [-0.3, -0.25) is 4.79 Å². The van der Waals surface area contributed by atoms with Crippen molar-refractivity contribution in [3.8, 4) is 0 Å². The van der Waals surface area contributed by atoms with E-state index in [1.165, 1.54) is 10.4 Å². The second-order valence-corrected chi connectivity index (χ2v) is 6.20. The monoisotopic (exact) mass is 306 g/mol. The molecule has 0 spiro atoms. The summed E-state index contributed by atoms with van der Waals surface area (Å²) < 4.78 is 10.9. The molecule has 1 atom stereocenters. The van der Waals surface area contributed by atoms with Crippen LogP contribution < -0.4 is 4.90 Å². The third-order valence-electron chi connectivity index (χ3n) is 3.83. The van der Waals surface area contributed by atoms with Crippen molar-refractivity contribution < 1.29 is 14.1 Å². The number of hydrogen-bond acceptors (Lipinski definition) is 5. The molecule has 0 bridgehead atoms. The van der Waals surface area contributed by atoms with Gasteiger partial charge in [-0.05, 0) is 37.3 Å². The minimum atomic E-state index is -0.135. The zero-order chi connectivity index (χ0) is 15.0. The number of aryl methyl sites for hydroxylation is 2. The average Bonchev–Trinajstić information content (AvgIpc) is 3.06. The Labute approximate surface area is 127 Å². The fourth-order valence-electron chi connectivity index (χ4n) is 2.75. The third-order valence-corrected chi connectivity index (χ3v) is 4.88. The van der Waals surface area contributed by atoms with E-state index < -0.39 is 0 Å². The van der Waals surface area contributed by atoms with Crippen LogP contribution in [0, 0.1) is 13.8 Å². The van der Waals surface area contributed by atoms with E-state index in [4.69, 9.17) is 9.26 Å². The molecule has 21 heavy (non-hydrogen) atoms. The van der Waals surface area contributed by atoms with Crippen molar-refractivity contribution in [2.45, 2.75) is 32.8 Å². The second kappa shape index (κ2) is 5.61. The molecule has 2 aromatic heterocycles. The van der Waals surface area contributed by atoms with Crippen LogP contribution in [-0.2, 0) is 16.0 Å². The van der Waals surface area contributed by atoms with Crippen LogP contribution in [0.3, 0.4) is 0 Å². The Morgan fingerprint density at radius 1 is 1.52 bits per heavy atom. The molecule has 6 heteroatoms. The molecular formula is C15H18N2O3S. The third kappa shape index (κ3) is 2.61. The molecule has 0 fully saturated rings. The van der Waals surface area contributed by atoms with Gasteiger partial charge in [-0.15, -0.1) is 11.3 Å². The summed E-state index contributed by atoms with van der Waals surface area (Å²) >= 11 is 1.66. The number of thiophene rings is 1. The topological polar surface area (TPSA) is 55.6 Å². The molecule has 5 nitrogen and oxygen atoms in total. The van der Waals surface area contributed by atoms with E-state index in [1.54, 1.807) is 23.3 Å². The van der Waals surface area contributed by atoms with Gasteiger partial charge in [0, 0.05) is 11.9 Å². The zero-order valence-electron chi connectivity index (χ0n) is 12.4. The van der Waals surface area contributed by atoms with Gasteiger partial charge in [0.1, 0.15) is 17.5 Å². The van der Waals surface area contributed by atoms with Gasteiger partial charge in [-0.25, -0.2) is 0 Å². The molecule has 2 aromatic rings. The molecule has 0 N–H and O–H groups in total. The molecule has 0 saturated heterocycles. The Bertz CT molecular complexity index is 642. The largest absolute Gasteiger partial charge is 0.372 e. The quantitative estimate of drug-likeness (QED) is 0.874. The summed E-state index contributed by atoms with van der Waals surface area (Å²) in [4.78, 5) is 15.3. The van der Waals surface area contributed by atoms with Gasteiger partial charge in [0.05, 0.1) is 13.0 Å². The number of amides is 1. The van der Waals surface area contributed by atoms with E-state index in [-0.39, 0.29) is 12.0 Å². The molecule has 3 heterocycles. The highest BCUT2D eigenvalue weighted by Gasteiger charge is 2.27. The lowest BCUT2D eigenvalue weighted by atomic mass is 10.0. The van der Waals surface area contributed by atoms with E-state index in [0.29, 0.717) is 18.8 Å².